The summed E-state index contributed by atoms with van der Waals surface area (Å²) in [4.78, 5) is 4.83. The molecular formula is C7H11NOS2. The average molecular weight is 189 g/mol. The fraction of sp³-hybridized carbons (Fsp3) is 0.571. The lowest BCUT2D eigenvalue weighted by Crippen LogP contribution is -2.17. The van der Waals surface area contributed by atoms with Crippen LogP contribution in [0.25, 0.3) is 0 Å². The van der Waals surface area contributed by atoms with Gasteiger partial charge in [0, 0.05) is 6.20 Å². The van der Waals surface area contributed by atoms with Crippen molar-refractivity contribution in [2.75, 3.05) is 0 Å². The molecule has 0 aliphatic carbocycles. The van der Waals surface area contributed by atoms with E-state index in [1.54, 1.807) is 13.1 Å². The first-order chi connectivity index (χ1) is 5.06. The molecule has 0 saturated heterocycles. The predicted octanol–water partition coefficient (Wildman–Crippen LogP) is 2.05. The van der Waals surface area contributed by atoms with Gasteiger partial charge in [-0.05, 0) is 13.3 Å². The molecular weight excluding hydrogens is 178 g/mol. The van der Waals surface area contributed by atoms with Gasteiger partial charge in [-0.15, -0.1) is 24.0 Å². The molecule has 1 heterocycles. The quantitative estimate of drug-likeness (QED) is 0.698. The maximum Gasteiger partial charge on any atom is 0.147 e. The zero-order chi connectivity index (χ0) is 8.48. The smallest absolute Gasteiger partial charge is 0.147 e. The van der Waals surface area contributed by atoms with Gasteiger partial charge in [-0.25, -0.2) is 4.98 Å². The number of rotatable bonds is 2. The van der Waals surface area contributed by atoms with Crippen LogP contribution >= 0.6 is 24.0 Å². The lowest BCUT2D eigenvalue weighted by molar-refractivity contribution is 0.0567. The average Bonchev–Trinajstić information content (AvgIpc) is 2.36. The van der Waals surface area contributed by atoms with Crippen LogP contribution in [-0.4, -0.2) is 10.1 Å². The van der Waals surface area contributed by atoms with Crippen molar-refractivity contribution in [3.63, 3.8) is 0 Å². The number of nitrogens with zero attached hydrogens (tertiary/aromatic N) is 1. The van der Waals surface area contributed by atoms with Crippen molar-refractivity contribution in [3.8, 4) is 0 Å². The standard InChI is InChI=1S/C7H11NOS2/c1-3-7(2,9)5-4-8-6(10)11-5/h4,9H,3H2,1-2H3,(H,8,10). The van der Waals surface area contributed by atoms with Crippen LogP contribution < -0.4 is 0 Å². The first-order valence-electron chi connectivity index (χ1n) is 3.44. The number of thiazole rings is 1. The van der Waals surface area contributed by atoms with Crippen molar-refractivity contribution >= 4 is 24.0 Å². The molecule has 1 unspecified atom stereocenters. The van der Waals surface area contributed by atoms with Crippen LogP contribution in [-0.2, 0) is 5.60 Å². The summed E-state index contributed by atoms with van der Waals surface area (Å²) >= 11 is 5.49. The van der Waals surface area contributed by atoms with E-state index in [-0.39, 0.29) is 0 Å². The largest absolute Gasteiger partial charge is 0.385 e. The van der Waals surface area contributed by atoms with E-state index in [0.717, 1.165) is 4.88 Å². The molecule has 1 aromatic heterocycles. The highest BCUT2D eigenvalue weighted by Crippen LogP contribution is 2.29. The van der Waals surface area contributed by atoms with E-state index >= 15 is 0 Å². The molecule has 0 saturated carbocycles. The third kappa shape index (κ3) is 1.95. The summed E-state index contributed by atoms with van der Waals surface area (Å²) in [6, 6.07) is 0. The van der Waals surface area contributed by atoms with Crippen LogP contribution in [0.4, 0.5) is 0 Å². The predicted molar refractivity (Wildman–Crippen MR) is 49.2 cm³/mol. The normalized spacial score (nSPS) is 16.4. The Balaban J connectivity index is 2.92. The minimum Gasteiger partial charge on any atom is -0.385 e. The molecule has 0 aliphatic rings. The second kappa shape index (κ2) is 3.13. The van der Waals surface area contributed by atoms with E-state index in [2.05, 4.69) is 17.6 Å². The Kier molecular flexibility index (Phi) is 2.57. The Bertz CT molecular complexity index is 244. The van der Waals surface area contributed by atoms with Crippen molar-refractivity contribution in [3.05, 3.63) is 11.1 Å². The second-order valence-electron chi connectivity index (χ2n) is 2.63. The van der Waals surface area contributed by atoms with Crippen LogP contribution in [0.2, 0.25) is 0 Å². The Morgan fingerprint density at radius 3 is 2.82 bits per heavy atom. The molecule has 0 bridgehead atoms. The topological polar surface area (TPSA) is 33.1 Å². The minimum absolute atomic E-state index is 0.697. The highest BCUT2D eigenvalue weighted by atomic mass is 32.2. The number of hydrogen-bond donors (Lipinski definition) is 2. The van der Waals surface area contributed by atoms with Crippen molar-refractivity contribution in [2.45, 2.75) is 30.2 Å². The molecule has 1 N–H and O–H groups in total. The van der Waals surface area contributed by atoms with Gasteiger partial charge in [0.25, 0.3) is 0 Å². The molecule has 1 aromatic rings. The molecule has 1 atom stereocenters. The van der Waals surface area contributed by atoms with Crippen LogP contribution in [0.15, 0.2) is 10.5 Å². The Labute approximate surface area is 75.7 Å². The van der Waals surface area contributed by atoms with Gasteiger partial charge in [0.1, 0.15) is 4.34 Å². The van der Waals surface area contributed by atoms with E-state index in [0.29, 0.717) is 10.8 Å². The fourth-order valence-electron chi connectivity index (χ4n) is 0.688. The first-order valence-corrected chi connectivity index (χ1v) is 4.70. The zero-order valence-electron chi connectivity index (χ0n) is 6.53. The van der Waals surface area contributed by atoms with Crippen LogP contribution in [0.5, 0.6) is 0 Å². The van der Waals surface area contributed by atoms with Crippen molar-refractivity contribution in [1.82, 2.24) is 4.98 Å². The van der Waals surface area contributed by atoms with Crippen LogP contribution in [0, 0.1) is 0 Å². The number of aliphatic hydroxyl groups is 1. The molecule has 0 spiro atoms. The molecule has 1 rings (SSSR count). The molecule has 0 amide bonds. The number of thiol groups is 1. The molecule has 0 aromatic carbocycles. The van der Waals surface area contributed by atoms with Gasteiger partial charge in [-0.1, -0.05) is 6.92 Å². The van der Waals surface area contributed by atoms with Gasteiger partial charge in [-0.3, -0.25) is 0 Å². The molecule has 0 fully saturated rings. The van der Waals surface area contributed by atoms with Crippen molar-refractivity contribution in [2.24, 2.45) is 0 Å². The Hall–Kier alpha value is -0.0600. The molecule has 0 radical (unpaired) electrons. The van der Waals surface area contributed by atoms with Gasteiger partial charge in [0.15, 0.2) is 0 Å². The maximum absolute atomic E-state index is 9.74. The first kappa shape index (κ1) is 9.03. The Morgan fingerprint density at radius 2 is 2.45 bits per heavy atom. The molecule has 4 heteroatoms. The summed E-state index contributed by atoms with van der Waals surface area (Å²) in [7, 11) is 0. The minimum atomic E-state index is -0.737. The summed E-state index contributed by atoms with van der Waals surface area (Å²) in [5.74, 6) is 0. The van der Waals surface area contributed by atoms with E-state index in [4.69, 9.17) is 0 Å². The lowest BCUT2D eigenvalue weighted by atomic mass is 10.0. The second-order valence-corrected chi connectivity index (χ2v) is 4.39. The van der Waals surface area contributed by atoms with Crippen LogP contribution in [0.1, 0.15) is 25.1 Å². The highest BCUT2D eigenvalue weighted by molar-refractivity contribution is 7.82. The van der Waals surface area contributed by atoms with Gasteiger partial charge in [0.2, 0.25) is 0 Å². The summed E-state index contributed by atoms with van der Waals surface area (Å²) in [5.41, 5.74) is -0.737. The van der Waals surface area contributed by atoms with E-state index in [9.17, 15) is 5.11 Å². The maximum atomic E-state index is 9.74. The molecule has 2 nitrogen and oxygen atoms in total. The Morgan fingerprint density at radius 1 is 1.82 bits per heavy atom. The van der Waals surface area contributed by atoms with Gasteiger partial charge in [0.05, 0.1) is 10.5 Å². The monoisotopic (exact) mass is 189 g/mol. The van der Waals surface area contributed by atoms with E-state index in [1.807, 2.05) is 6.92 Å². The zero-order valence-corrected chi connectivity index (χ0v) is 8.25. The number of hydrogen-bond acceptors (Lipinski definition) is 4. The van der Waals surface area contributed by atoms with E-state index < -0.39 is 5.60 Å². The lowest BCUT2D eigenvalue weighted by Gasteiger charge is -2.17. The molecule has 0 aliphatic heterocycles. The van der Waals surface area contributed by atoms with Crippen LogP contribution in [0.3, 0.4) is 0 Å². The summed E-state index contributed by atoms with van der Waals surface area (Å²) in [5, 5.41) is 9.74. The van der Waals surface area contributed by atoms with E-state index in [1.165, 1.54) is 11.3 Å². The third-order valence-electron chi connectivity index (χ3n) is 1.71. The van der Waals surface area contributed by atoms with Crippen molar-refractivity contribution in [1.29, 1.82) is 0 Å². The van der Waals surface area contributed by atoms with Gasteiger partial charge < -0.3 is 5.11 Å². The molecule has 11 heavy (non-hydrogen) atoms. The summed E-state index contributed by atoms with van der Waals surface area (Å²) in [6.07, 6.45) is 2.37. The summed E-state index contributed by atoms with van der Waals surface area (Å²) in [6.45, 7) is 3.73. The highest BCUT2D eigenvalue weighted by Gasteiger charge is 2.22. The SMILES string of the molecule is CCC(C)(O)c1cnc(S)s1. The number of aromatic nitrogens is 1. The molecule has 62 valence electrons. The van der Waals surface area contributed by atoms with Gasteiger partial charge >= 0.3 is 0 Å². The fourth-order valence-corrected chi connectivity index (χ4v) is 1.81. The summed E-state index contributed by atoms with van der Waals surface area (Å²) < 4.78 is 0.703. The third-order valence-corrected chi connectivity index (χ3v) is 3.16. The van der Waals surface area contributed by atoms with Gasteiger partial charge in [-0.2, -0.15) is 0 Å². The van der Waals surface area contributed by atoms with Crippen molar-refractivity contribution < 1.29 is 5.11 Å².